The highest BCUT2D eigenvalue weighted by Crippen LogP contribution is 2.22. The third kappa shape index (κ3) is 8.69. The first-order valence-electron chi connectivity index (χ1n) is 15.1. The van der Waals surface area contributed by atoms with Crippen LogP contribution in [0.1, 0.15) is 50.4 Å². The summed E-state index contributed by atoms with van der Waals surface area (Å²) in [7, 11) is 0. The number of carboxylic acid groups (broad SMARTS) is 1. The second kappa shape index (κ2) is 15.3. The zero-order chi connectivity index (χ0) is 34.0. The van der Waals surface area contributed by atoms with E-state index in [-0.39, 0.29) is 36.2 Å². The molecule has 2 aromatic heterocycles. The van der Waals surface area contributed by atoms with Crippen LogP contribution in [0.2, 0.25) is 0 Å². The van der Waals surface area contributed by atoms with Gasteiger partial charge in [0.15, 0.2) is 17.0 Å². The molecule has 0 fully saturated rings. The predicted molar refractivity (Wildman–Crippen MR) is 180 cm³/mol. The monoisotopic (exact) mass is 649 g/mol. The molecule has 0 bridgehead atoms. The van der Waals surface area contributed by atoms with Gasteiger partial charge in [-0.2, -0.15) is 9.97 Å². The molecule has 8 N–H and O–H groups in total. The number of anilines is 3. The topological polar surface area (TPSA) is 220 Å². The van der Waals surface area contributed by atoms with E-state index >= 15 is 0 Å². The van der Waals surface area contributed by atoms with Crippen molar-refractivity contribution >= 4 is 46.4 Å². The number of hydrogen-bond acceptors (Lipinski definition) is 11. The van der Waals surface area contributed by atoms with E-state index in [1.54, 1.807) is 42.6 Å². The van der Waals surface area contributed by atoms with Crippen molar-refractivity contribution in [1.82, 2.24) is 30.6 Å². The number of aliphatic carboxylic acids is 1. The Morgan fingerprint density at radius 1 is 0.938 bits per heavy atom. The molecular weight excluding hydrogens is 614 g/mol. The largest absolute Gasteiger partial charge is 0.488 e. The molecule has 0 aliphatic heterocycles. The van der Waals surface area contributed by atoms with Gasteiger partial charge in [0.05, 0.1) is 24.0 Å². The molecule has 5 rings (SSSR count). The number of hydrogen-bond donors (Lipinski definition) is 6. The van der Waals surface area contributed by atoms with Crippen molar-refractivity contribution in [3.8, 4) is 5.75 Å². The minimum absolute atomic E-state index is 0.0150. The smallest absolute Gasteiger partial charge is 0.326 e. The summed E-state index contributed by atoms with van der Waals surface area (Å²) in [6.45, 7) is 2.74. The third-order valence-corrected chi connectivity index (χ3v) is 7.30. The van der Waals surface area contributed by atoms with Crippen molar-refractivity contribution in [3.63, 3.8) is 0 Å². The zero-order valence-corrected chi connectivity index (χ0v) is 26.1. The molecular formula is C34H35N9O5. The Labute approximate surface area is 276 Å². The molecule has 0 radical (unpaired) electrons. The van der Waals surface area contributed by atoms with E-state index in [4.69, 9.17) is 16.2 Å². The van der Waals surface area contributed by atoms with E-state index in [1.165, 1.54) is 0 Å². The van der Waals surface area contributed by atoms with Crippen molar-refractivity contribution in [2.24, 2.45) is 0 Å². The van der Waals surface area contributed by atoms with Crippen molar-refractivity contribution in [3.05, 3.63) is 107 Å². The van der Waals surface area contributed by atoms with Gasteiger partial charge in [-0.15, -0.1) is 0 Å². The van der Waals surface area contributed by atoms with Gasteiger partial charge in [-0.3, -0.25) is 9.59 Å². The van der Waals surface area contributed by atoms with Crippen LogP contribution in [-0.4, -0.2) is 55.4 Å². The fourth-order valence-electron chi connectivity index (χ4n) is 4.77. The summed E-state index contributed by atoms with van der Waals surface area (Å²) >= 11 is 0. The highest BCUT2D eigenvalue weighted by molar-refractivity contribution is 5.97. The highest BCUT2D eigenvalue weighted by Gasteiger charge is 2.21. The summed E-state index contributed by atoms with van der Waals surface area (Å²) < 4.78 is 5.94. The molecule has 14 heteroatoms. The molecule has 0 saturated carbocycles. The van der Waals surface area contributed by atoms with Crippen molar-refractivity contribution < 1.29 is 24.2 Å². The maximum absolute atomic E-state index is 13.0. The van der Waals surface area contributed by atoms with E-state index in [0.717, 1.165) is 11.1 Å². The minimum Gasteiger partial charge on any atom is -0.488 e. The number of carboxylic acids is 1. The van der Waals surface area contributed by atoms with E-state index in [0.29, 0.717) is 53.4 Å². The van der Waals surface area contributed by atoms with Gasteiger partial charge in [-0.25, -0.2) is 14.8 Å². The fraction of sp³-hybridized carbons (Fsp3) is 0.206. The zero-order valence-electron chi connectivity index (χ0n) is 26.1. The van der Waals surface area contributed by atoms with E-state index in [1.807, 2.05) is 43.3 Å². The second-order valence-electron chi connectivity index (χ2n) is 11.0. The Hall–Kier alpha value is -6.31. The number of amides is 2. The van der Waals surface area contributed by atoms with E-state index in [2.05, 4.69) is 35.9 Å². The van der Waals surface area contributed by atoms with Crippen molar-refractivity contribution in [1.29, 1.82) is 0 Å². The van der Waals surface area contributed by atoms with Crippen LogP contribution < -0.4 is 32.2 Å². The van der Waals surface area contributed by atoms with Crippen LogP contribution >= 0.6 is 0 Å². The summed E-state index contributed by atoms with van der Waals surface area (Å²) in [4.78, 5) is 54.3. The lowest BCUT2D eigenvalue weighted by Crippen LogP contribution is -2.41. The molecule has 2 amide bonds. The van der Waals surface area contributed by atoms with Crippen molar-refractivity contribution in [2.75, 3.05) is 23.3 Å². The number of aryl methyl sites for hydroxylation is 1. The molecule has 3 aromatic carbocycles. The quantitative estimate of drug-likeness (QED) is 0.0952. The van der Waals surface area contributed by atoms with Crippen molar-refractivity contribution in [2.45, 2.75) is 39.0 Å². The molecule has 0 aliphatic rings. The number of rotatable bonds is 14. The molecule has 0 spiro atoms. The number of nitrogens with two attached hydrogens (primary N) is 2. The van der Waals surface area contributed by atoms with Gasteiger partial charge in [-0.05, 0) is 67.3 Å². The molecule has 48 heavy (non-hydrogen) atoms. The number of carbonyl (C=O) groups excluding carboxylic acids is 2. The van der Waals surface area contributed by atoms with Crippen LogP contribution in [-0.2, 0) is 17.9 Å². The van der Waals surface area contributed by atoms with Gasteiger partial charge in [0, 0.05) is 17.8 Å². The third-order valence-electron chi connectivity index (χ3n) is 7.30. The first-order chi connectivity index (χ1) is 23.2. The Morgan fingerprint density at radius 3 is 2.46 bits per heavy atom. The molecule has 0 unspecified atom stereocenters. The number of ether oxygens (including phenoxy) is 1. The maximum Gasteiger partial charge on any atom is 0.326 e. The molecule has 0 aliphatic carbocycles. The number of carbonyl (C=O) groups is 3. The Morgan fingerprint density at radius 2 is 1.71 bits per heavy atom. The molecule has 5 aromatic rings. The summed E-state index contributed by atoms with van der Waals surface area (Å²) in [5.41, 5.74) is 16.0. The number of fused-ring (bicyclic) bond motifs is 1. The lowest BCUT2D eigenvalue weighted by Gasteiger charge is -2.16. The number of nitrogen functional groups attached to an aromatic ring is 2. The average Bonchev–Trinajstić information content (AvgIpc) is 3.08. The van der Waals surface area contributed by atoms with Gasteiger partial charge in [0.2, 0.25) is 5.95 Å². The standard InChI is InChI=1S/C34H35N9O5/c1-20-9-14-25(27(16-20)48-19-21-6-3-2-4-7-21)32(45)37-15-5-8-26(33(46)47)41-31(44)22-10-12-23(13-11-22)38-17-24-18-39-30-28(40-24)29(35)42-34(36)43-30/h2-4,6-7,9-14,16,18,26,38H,5,8,15,17,19H2,1H3,(H,37,45)(H,41,44)(H,46,47)(H4,35,36,39,42,43)/t26-/m0/s1. The average molecular weight is 650 g/mol. The number of nitrogens with zero attached hydrogens (tertiary/aromatic N) is 4. The summed E-state index contributed by atoms with van der Waals surface area (Å²) in [6, 6.07) is 20.4. The Bertz CT molecular complexity index is 1920. The maximum atomic E-state index is 13.0. The predicted octanol–water partition coefficient (Wildman–Crippen LogP) is 3.48. The van der Waals surface area contributed by atoms with Gasteiger partial charge >= 0.3 is 5.97 Å². The van der Waals surface area contributed by atoms with Gasteiger partial charge in [-0.1, -0.05) is 36.4 Å². The Balaban J connectivity index is 1.09. The lowest BCUT2D eigenvalue weighted by molar-refractivity contribution is -0.139. The molecule has 0 saturated heterocycles. The second-order valence-corrected chi connectivity index (χ2v) is 11.0. The van der Waals surface area contributed by atoms with Crippen LogP contribution in [0.5, 0.6) is 5.75 Å². The van der Waals surface area contributed by atoms with Crippen LogP contribution in [0.3, 0.4) is 0 Å². The van der Waals surface area contributed by atoms with Gasteiger partial charge < -0.3 is 37.3 Å². The Kier molecular flexibility index (Phi) is 10.6. The summed E-state index contributed by atoms with van der Waals surface area (Å²) in [6.07, 6.45) is 1.98. The molecule has 1 atom stereocenters. The molecule has 14 nitrogen and oxygen atoms in total. The van der Waals surface area contributed by atoms with Crippen LogP contribution in [0, 0.1) is 6.92 Å². The van der Waals surface area contributed by atoms with Gasteiger partial charge in [0.25, 0.3) is 11.8 Å². The fourth-order valence-corrected chi connectivity index (χ4v) is 4.77. The SMILES string of the molecule is Cc1ccc(C(=O)NCCC[C@H](NC(=O)c2ccc(NCc3cnc4nc(N)nc(N)c4n3)cc2)C(=O)O)c(OCc2ccccc2)c1. The number of aromatic nitrogens is 4. The number of nitrogens with one attached hydrogen (secondary N) is 3. The van der Waals surface area contributed by atoms with Crippen LogP contribution in [0.15, 0.2) is 79.0 Å². The molecule has 2 heterocycles. The van der Waals surface area contributed by atoms with Gasteiger partial charge in [0.1, 0.15) is 18.4 Å². The lowest BCUT2D eigenvalue weighted by atomic mass is 10.1. The first kappa shape index (κ1) is 33.1. The summed E-state index contributed by atoms with van der Waals surface area (Å²) in [5.74, 6) is -1.43. The summed E-state index contributed by atoms with van der Waals surface area (Å²) in [5, 5.41) is 18.3. The first-order valence-corrected chi connectivity index (χ1v) is 15.1. The normalized spacial score (nSPS) is 11.4. The van der Waals surface area contributed by atoms with Crippen LogP contribution in [0.4, 0.5) is 17.5 Å². The minimum atomic E-state index is -1.17. The molecule has 246 valence electrons. The van der Waals surface area contributed by atoms with E-state index < -0.39 is 17.9 Å². The van der Waals surface area contributed by atoms with E-state index in [9.17, 15) is 19.5 Å². The highest BCUT2D eigenvalue weighted by atomic mass is 16.5. The number of benzene rings is 3. The van der Waals surface area contributed by atoms with Crippen LogP contribution in [0.25, 0.3) is 11.2 Å².